The van der Waals surface area contributed by atoms with Crippen LogP contribution in [0.25, 0.3) is 10.2 Å². The van der Waals surface area contributed by atoms with Crippen LogP contribution >= 0.6 is 27.3 Å². The summed E-state index contributed by atoms with van der Waals surface area (Å²) < 4.78 is 7.98. The first-order chi connectivity index (χ1) is 11.7. The maximum atomic E-state index is 12.7. The average molecular weight is 428 g/mol. The number of likely N-dealkylation sites (tertiary alicyclic amines) is 1. The molecule has 1 unspecified atom stereocenters. The molecule has 0 aliphatic carbocycles. The summed E-state index contributed by atoms with van der Waals surface area (Å²) in [4.78, 5) is 43.1. The molecule has 0 saturated carbocycles. The number of amides is 1. The summed E-state index contributed by atoms with van der Waals surface area (Å²) in [5.41, 5.74) is -0.301. The van der Waals surface area contributed by atoms with Crippen molar-refractivity contribution in [2.75, 3.05) is 13.1 Å². The lowest BCUT2D eigenvalue weighted by molar-refractivity contribution is -0.125. The van der Waals surface area contributed by atoms with Crippen molar-refractivity contribution in [2.45, 2.75) is 38.8 Å². The minimum Gasteiger partial charge on any atom is -0.444 e. The molecule has 1 aliphatic heterocycles. The van der Waals surface area contributed by atoms with Gasteiger partial charge in [-0.25, -0.2) is 9.78 Å². The normalized spacial score (nSPS) is 18.6. The summed E-state index contributed by atoms with van der Waals surface area (Å²) >= 11 is 4.62. The highest BCUT2D eigenvalue weighted by Crippen LogP contribution is 2.27. The molecule has 0 bridgehead atoms. The molecule has 1 fully saturated rings. The molecule has 0 aromatic carbocycles. The highest BCUT2D eigenvalue weighted by Gasteiger charge is 2.34. The van der Waals surface area contributed by atoms with E-state index in [0.717, 1.165) is 3.79 Å². The van der Waals surface area contributed by atoms with E-state index in [2.05, 4.69) is 20.9 Å². The Bertz CT molecular complexity index is 899. The zero-order chi connectivity index (χ0) is 18.4. The SMILES string of the molecule is CC(C)(C)OC(=O)N1CCC(=O)C(n2cnc3cc(Br)sc3c2=O)C1. The summed E-state index contributed by atoms with van der Waals surface area (Å²) in [6.45, 7) is 5.75. The third-order valence-corrected chi connectivity index (χ3v) is 5.43. The van der Waals surface area contributed by atoms with Crippen molar-refractivity contribution in [1.29, 1.82) is 0 Å². The minimum absolute atomic E-state index is 0.0846. The van der Waals surface area contributed by atoms with Gasteiger partial charge in [-0.1, -0.05) is 0 Å². The number of ether oxygens (including phenoxy) is 1. The van der Waals surface area contributed by atoms with Gasteiger partial charge in [-0.05, 0) is 42.8 Å². The average Bonchev–Trinajstić information content (AvgIpc) is 2.88. The number of hydrogen-bond donors (Lipinski definition) is 0. The second kappa shape index (κ2) is 6.53. The lowest BCUT2D eigenvalue weighted by Crippen LogP contribution is -2.48. The fourth-order valence-electron chi connectivity index (χ4n) is 2.67. The van der Waals surface area contributed by atoms with Crippen LogP contribution in [-0.4, -0.2) is 45.0 Å². The van der Waals surface area contributed by atoms with E-state index in [4.69, 9.17) is 4.74 Å². The van der Waals surface area contributed by atoms with E-state index in [0.29, 0.717) is 16.8 Å². The van der Waals surface area contributed by atoms with Gasteiger partial charge in [0.2, 0.25) is 0 Å². The number of Topliss-reactive ketones (excluding diaryl/α,β-unsaturated/α-hetero) is 1. The molecule has 2 aromatic rings. The van der Waals surface area contributed by atoms with Gasteiger partial charge in [-0.15, -0.1) is 11.3 Å². The van der Waals surface area contributed by atoms with Crippen LogP contribution in [0.15, 0.2) is 21.0 Å². The number of ketones is 1. The molecular weight excluding hydrogens is 410 g/mol. The van der Waals surface area contributed by atoms with Crippen LogP contribution in [-0.2, 0) is 9.53 Å². The van der Waals surface area contributed by atoms with Crippen molar-refractivity contribution in [3.8, 4) is 0 Å². The molecule has 3 heterocycles. The van der Waals surface area contributed by atoms with Crippen LogP contribution in [0, 0.1) is 0 Å². The second-order valence-corrected chi connectivity index (χ2v) is 9.31. The molecular formula is C16H18BrN3O4S. The molecule has 134 valence electrons. The third-order valence-electron chi connectivity index (χ3n) is 3.81. The highest BCUT2D eigenvalue weighted by atomic mass is 79.9. The van der Waals surface area contributed by atoms with Crippen molar-refractivity contribution in [3.63, 3.8) is 0 Å². The maximum Gasteiger partial charge on any atom is 0.410 e. The molecule has 2 aromatic heterocycles. The van der Waals surface area contributed by atoms with Crippen molar-refractivity contribution >= 4 is 49.4 Å². The predicted octanol–water partition coefficient (Wildman–Crippen LogP) is 2.97. The van der Waals surface area contributed by atoms with Gasteiger partial charge in [0.25, 0.3) is 5.56 Å². The molecule has 1 aliphatic rings. The second-order valence-electron chi connectivity index (χ2n) is 6.88. The summed E-state index contributed by atoms with van der Waals surface area (Å²) in [7, 11) is 0. The Labute approximate surface area is 156 Å². The minimum atomic E-state index is -0.744. The Morgan fingerprint density at radius 3 is 2.80 bits per heavy atom. The van der Waals surface area contributed by atoms with Gasteiger partial charge in [-0.3, -0.25) is 14.2 Å². The van der Waals surface area contributed by atoms with E-state index in [-0.39, 0.29) is 24.3 Å². The summed E-state index contributed by atoms with van der Waals surface area (Å²) in [5, 5.41) is 0. The molecule has 3 rings (SSSR count). The van der Waals surface area contributed by atoms with E-state index in [9.17, 15) is 14.4 Å². The highest BCUT2D eigenvalue weighted by molar-refractivity contribution is 9.11. The van der Waals surface area contributed by atoms with Gasteiger partial charge in [0.1, 0.15) is 16.3 Å². The van der Waals surface area contributed by atoms with Gasteiger partial charge in [0.05, 0.1) is 22.2 Å². The molecule has 0 spiro atoms. The molecule has 1 saturated heterocycles. The smallest absolute Gasteiger partial charge is 0.410 e. The fraction of sp³-hybridized carbons (Fsp3) is 0.500. The Balaban J connectivity index is 1.90. The van der Waals surface area contributed by atoms with E-state index in [1.54, 1.807) is 26.8 Å². The predicted molar refractivity (Wildman–Crippen MR) is 98.0 cm³/mol. The van der Waals surface area contributed by atoms with Crippen LogP contribution in [0.4, 0.5) is 4.79 Å². The summed E-state index contributed by atoms with van der Waals surface area (Å²) in [6.07, 6.45) is 1.08. The number of fused-ring (bicyclic) bond motifs is 1. The Kier molecular flexibility index (Phi) is 4.72. The fourth-order valence-corrected chi connectivity index (χ4v) is 4.14. The summed E-state index contributed by atoms with van der Waals surface area (Å²) in [6, 6.07) is 1.02. The monoisotopic (exact) mass is 427 g/mol. The molecule has 1 atom stereocenters. The number of nitrogens with zero attached hydrogens (tertiary/aromatic N) is 3. The molecule has 7 nitrogen and oxygen atoms in total. The number of thiophene rings is 1. The van der Waals surface area contributed by atoms with Gasteiger partial charge in [0.15, 0.2) is 5.78 Å². The number of piperidine rings is 1. The number of rotatable bonds is 1. The maximum absolute atomic E-state index is 12.7. The number of carbonyl (C=O) groups excluding carboxylic acids is 2. The lowest BCUT2D eigenvalue weighted by atomic mass is 10.0. The quantitative estimate of drug-likeness (QED) is 0.698. The van der Waals surface area contributed by atoms with E-state index in [1.807, 2.05) is 0 Å². The van der Waals surface area contributed by atoms with Gasteiger partial charge in [0, 0.05) is 13.0 Å². The molecule has 0 radical (unpaired) electrons. The Morgan fingerprint density at radius 1 is 1.40 bits per heavy atom. The number of aromatic nitrogens is 2. The number of carbonyl (C=O) groups is 2. The molecule has 9 heteroatoms. The number of halogens is 1. The zero-order valence-corrected chi connectivity index (χ0v) is 16.5. The standard InChI is InChI=1S/C16H18BrN3O4S/c1-16(2,3)24-15(23)19-5-4-11(21)10(7-19)20-8-18-9-6-12(17)25-13(9)14(20)22/h6,8,10H,4-5,7H2,1-3H3. The summed E-state index contributed by atoms with van der Waals surface area (Å²) in [5.74, 6) is -0.0846. The van der Waals surface area contributed by atoms with Gasteiger partial charge < -0.3 is 9.64 Å². The van der Waals surface area contributed by atoms with Gasteiger partial charge in [-0.2, -0.15) is 0 Å². The van der Waals surface area contributed by atoms with Crippen molar-refractivity contribution in [2.24, 2.45) is 0 Å². The van der Waals surface area contributed by atoms with Gasteiger partial charge >= 0.3 is 6.09 Å². The van der Waals surface area contributed by atoms with Crippen molar-refractivity contribution in [1.82, 2.24) is 14.5 Å². The third kappa shape index (κ3) is 3.77. The van der Waals surface area contributed by atoms with E-state index in [1.165, 1.54) is 27.1 Å². The Morgan fingerprint density at radius 2 is 2.12 bits per heavy atom. The van der Waals surface area contributed by atoms with E-state index >= 15 is 0 Å². The molecule has 25 heavy (non-hydrogen) atoms. The largest absolute Gasteiger partial charge is 0.444 e. The molecule has 0 N–H and O–H groups in total. The first kappa shape index (κ1) is 18.1. The lowest BCUT2D eigenvalue weighted by Gasteiger charge is -2.33. The topological polar surface area (TPSA) is 81.5 Å². The van der Waals surface area contributed by atoms with Crippen LogP contribution in [0.3, 0.4) is 0 Å². The van der Waals surface area contributed by atoms with Crippen LogP contribution in [0.5, 0.6) is 0 Å². The van der Waals surface area contributed by atoms with Crippen LogP contribution < -0.4 is 5.56 Å². The first-order valence-corrected chi connectivity index (χ1v) is 9.43. The van der Waals surface area contributed by atoms with E-state index < -0.39 is 17.7 Å². The molecule has 1 amide bonds. The number of hydrogen-bond acceptors (Lipinski definition) is 6. The first-order valence-electron chi connectivity index (χ1n) is 7.82. The Hall–Kier alpha value is -1.74. The van der Waals surface area contributed by atoms with Crippen molar-refractivity contribution in [3.05, 3.63) is 26.5 Å². The van der Waals surface area contributed by atoms with Crippen molar-refractivity contribution < 1.29 is 14.3 Å². The van der Waals surface area contributed by atoms with Crippen LogP contribution in [0.2, 0.25) is 0 Å². The van der Waals surface area contributed by atoms with Crippen LogP contribution in [0.1, 0.15) is 33.2 Å². The zero-order valence-electron chi connectivity index (χ0n) is 14.1.